The second kappa shape index (κ2) is 6.26. The van der Waals surface area contributed by atoms with Gasteiger partial charge >= 0.3 is 12.4 Å². The highest BCUT2D eigenvalue weighted by molar-refractivity contribution is 5.59. The molecule has 0 unspecified atom stereocenters. The molecule has 0 saturated heterocycles. The van der Waals surface area contributed by atoms with Crippen LogP contribution in [0.25, 0.3) is 6.08 Å². The number of hydrogen-bond donors (Lipinski definition) is 1. The Morgan fingerprint density at radius 2 is 1.61 bits per heavy atom. The van der Waals surface area contributed by atoms with Crippen molar-refractivity contribution in [1.29, 1.82) is 10.5 Å². The van der Waals surface area contributed by atoms with Gasteiger partial charge in [0.2, 0.25) is 0 Å². The van der Waals surface area contributed by atoms with Crippen molar-refractivity contribution in [2.75, 3.05) is 0 Å². The average Bonchev–Trinajstić information content (AvgIpc) is 2.42. The molecule has 122 valence electrons. The molecule has 0 aromatic carbocycles. The third-order valence-electron chi connectivity index (χ3n) is 2.74. The van der Waals surface area contributed by atoms with E-state index in [1.54, 1.807) is 0 Å². The highest BCUT2D eigenvalue weighted by atomic mass is 19.4. The minimum atomic E-state index is -5.96. The average molecular weight is 335 g/mol. The van der Waals surface area contributed by atoms with Crippen LogP contribution in [-0.4, -0.2) is 28.0 Å². The molecule has 1 heterocycles. The van der Waals surface area contributed by atoms with Crippen LogP contribution >= 0.6 is 0 Å². The molecule has 0 bridgehead atoms. The van der Waals surface area contributed by atoms with Crippen molar-refractivity contribution in [2.24, 2.45) is 0 Å². The number of rotatable bonds is 3. The molecule has 0 spiro atoms. The summed E-state index contributed by atoms with van der Waals surface area (Å²) in [5, 5.41) is 26.2. The normalized spacial score (nSPS) is 12.2. The van der Waals surface area contributed by atoms with Crippen molar-refractivity contribution in [3.05, 3.63) is 35.2 Å². The topological polar surface area (TPSA) is 80.7 Å². The number of nitriles is 2. The number of aromatic nitrogens is 1. The van der Waals surface area contributed by atoms with Gasteiger partial charge in [0, 0.05) is 12.1 Å². The number of hydrogen-bond acceptors (Lipinski definition) is 4. The highest BCUT2D eigenvalue weighted by Gasteiger charge is 2.70. The molecule has 10 heteroatoms. The third-order valence-corrected chi connectivity index (χ3v) is 2.74. The van der Waals surface area contributed by atoms with Crippen molar-refractivity contribution >= 4 is 6.08 Å². The van der Waals surface area contributed by atoms with Gasteiger partial charge in [0.25, 0.3) is 5.60 Å². The standard InChI is InChI=1S/C13H7F6N3O/c14-12(15,16)11(23,13(17,18)19)5-10-3-1-2-9(22-10)4-8(6-20)7-21/h1-4,23H,5H2. The lowest BCUT2D eigenvalue weighted by Gasteiger charge is -2.32. The number of allylic oxidation sites excluding steroid dienone is 1. The Hall–Kier alpha value is -2.59. The van der Waals surface area contributed by atoms with Gasteiger partial charge in [-0.3, -0.25) is 4.98 Å². The van der Waals surface area contributed by atoms with E-state index < -0.39 is 35.6 Å². The minimum absolute atomic E-state index is 0.188. The van der Waals surface area contributed by atoms with E-state index in [9.17, 15) is 26.3 Å². The van der Waals surface area contributed by atoms with Crippen molar-refractivity contribution < 1.29 is 31.4 Å². The Bertz CT molecular complexity index is 663. The van der Waals surface area contributed by atoms with Gasteiger partial charge in [-0.2, -0.15) is 36.9 Å². The molecule has 0 aliphatic carbocycles. The maximum atomic E-state index is 12.6. The molecule has 23 heavy (non-hydrogen) atoms. The van der Waals surface area contributed by atoms with E-state index in [0.717, 1.165) is 18.2 Å². The lowest BCUT2D eigenvalue weighted by molar-refractivity contribution is -0.367. The van der Waals surface area contributed by atoms with Crippen LogP contribution in [0.3, 0.4) is 0 Å². The van der Waals surface area contributed by atoms with E-state index in [-0.39, 0.29) is 5.69 Å². The number of halogens is 6. The largest absolute Gasteiger partial charge is 0.426 e. The molecule has 0 saturated carbocycles. The predicted octanol–water partition coefficient (Wildman–Crippen LogP) is 2.91. The fraction of sp³-hybridized carbons (Fsp3) is 0.308. The van der Waals surface area contributed by atoms with Gasteiger partial charge in [-0.05, 0) is 18.2 Å². The fourth-order valence-electron chi connectivity index (χ4n) is 1.54. The first kappa shape index (κ1) is 18.5. The smallest absolute Gasteiger partial charge is 0.373 e. The summed E-state index contributed by atoms with van der Waals surface area (Å²) in [6.45, 7) is 0. The van der Waals surface area contributed by atoms with Crippen molar-refractivity contribution in [2.45, 2.75) is 24.4 Å². The molecular weight excluding hydrogens is 328 g/mol. The minimum Gasteiger partial charge on any atom is -0.373 e. The molecule has 4 nitrogen and oxygen atoms in total. The van der Waals surface area contributed by atoms with Gasteiger partial charge in [0.05, 0.1) is 5.69 Å². The maximum Gasteiger partial charge on any atom is 0.426 e. The first-order valence-corrected chi connectivity index (χ1v) is 5.78. The molecule has 0 amide bonds. The van der Waals surface area contributed by atoms with Crippen LogP contribution in [0.15, 0.2) is 23.8 Å². The SMILES string of the molecule is N#CC(C#N)=Cc1cccc(CC(O)(C(F)(F)F)C(F)(F)F)n1. The first-order valence-electron chi connectivity index (χ1n) is 5.78. The second-order valence-electron chi connectivity index (χ2n) is 4.37. The zero-order valence-corrected chi connectivity index (χ0v) is 11.1. The second-order valence-corrected chi connectivity index (χ2v) is 4.37. The molecule has 1 rings (SSSR count). The molecule has 0 atom stereocenters. The molecule has 1 aromatic rings. The lowest BCUT2D eigenvalue weighted by atomic mass is 9.95. The summed E-state index contributed by atoms with van der Waals surface area (Å²) in [6.07, 6.45) is -12.9. The van der Waals surface area contributed by atoms with Crippen LogP contribution in [0.1, 0.15) is 11.4 Å². The summed E-state index contributed by atoms with van der Waals surface area (Å²) >= 11 is 0. The molecule has 1 N–H and O–H groups in total. The third kappa shape index (κ3) is 3.99. The Balaban J connectivity index is 3.26. The Morgan fingerprint density at radius 3 is 2.04 bits per heavy atom. The van der Waals surface area contributed by atoms with Crippen LogP contribution in [-0.2, 0) is 6.42 Å². The summed E-state index contributed by atoms with van der Waals surface area (Å²) in [7, 11) is 0. The summed E-state index contributed by atoms with van der Waals surface area (Å²) in [4.78, 5) is 3.48. The highest BCUT2D eigenvalue weighted by Crippen LogP contribution is 2.44. The number of alkyl halides is 6. The van der Waals surface area contributed by atoms with Crippen LogP contribution < -0.4 is 0 Å². The molecular formula is C13H7F6N3O. The quantitative estimate of drug-likeness (QED) is 0.680. The number of pyridine rings is 1. The Kier molecular flexibility index (Phi) is 5.03. The summed E-state index contributed by atoms with van der Waals surface area (Å²) in [5.41, 5.74) is -6.28. The molecule has 0 radical (unpaired) electrons. The van der Waals surface area contributed by atoms with E-state index in [4.69, 9.17) is 15.6 Å². The van der Waals surface area contributed by atoms with Gasteiger partial charge in [-0.1, -0.05) is 6.07 Å². The van der Waals surface area contributed by atoms with E-state index >= 15 is 0 Å². The maximum absolute atomic E-state index is 12.6. The van der Waals surface area contributed by atoms with Crippen molar-refractivity contribution in [3.8, 4) is 12.1 Å². The van der Waals surface area contributed by atoms with Crippen LogP contribution in [0.5, 0.6) is 0 Å². The number of aliphatic hydroxyl groups is 1. The zero-order chi connectivity index (χ0) is 17.9. The molecule has 1 aromatic heterocycles. The Morgan fingerprint density at radius 1 is 1.09 bits per heavy atom. The molecule has 0 fully saturated rings. The van der Waals surface area contributed by atoms with Crippen LogP contribution in [0.2, 0.25) is 0 Å². The molecule has 0 aliphatic rings. The molecule has 0 aliphatic heterocycles. The zero-order valence-electron chi connectivity index (χ0n) is 11.1. The van der Waals surface area contributed by atoms with E-state index in [2.05, 4.69) is 4.98 Å². The van der Waals surface area contributed by atoms with Crippen molar-refractivity contribution in [3.63, 3.8) is 0 Å². The fourth-order valence-corrected chi connectivity index (χ4v) is 1.54. The van der Waals surface area contributed by atoms with E-state index in [0.29, 0.717) is 0 Å². The van der Waals surface area contributed by atoms with Gasteiger partial charge in [0.15, 0.2) is 0 Å². The first-order chi connectivity index (χ1) is 10.4. The van der Waals surface area contributed by atoms with Gasteiger partial charge < -0.3 is 5.11 Å². The summed E-state index contributed by atoms with van der Waals surface area (Å²) < 4.78 is 75.7. The van der Waals surface area contributed by atoms with Gasteiger partial charge in [-0.15, -0.1) is 0 Å². The van der Waals surface area contributed by atoms with E-state index in [1.807, 2.05) is 0 Å². The van der Waals surface area contributed by atoms with Gasteiger partial charge in [-0.25, -0.2) is 0 Å². The summed E-state index contributed by atoms with van der Waals surface area (Å²) in [5.74, 6) is 0. The predicted molar refractivity (Wildman–Crippen MR) is 64.2 cm³/mol. The monoisotopic (exact) mass is 335 g/mol. The lowest BCUT2D eigenvalue weighted by Crippen LogP contribution is -2.58. The van der Waals surface area contributed by atoms with Crippen LogP contribution in [0.4, 0.5) is 26.3 Å². The summed E-state index contributed by atoms with van der Waals surface area (Å²) in [6, 6.07) is 6.06. The number of nitrogens with zero attached hydrogens (tertiary/aromatic N) is 3. The van der Waals surface area contributed by atoms with E-state index in [1.165, 1.54) is 18.2 Å². The van der Waals surface area contributed by atoms with Crippen molar-refractivity contribution in [1.82, 2.24) is 4.98 Å². The Labute approximate surface area is 125 Å². The van der Waals surface area contributed by atoms with Gasteiger partial charge in [0.1, 0.15) is 17.7 Å². The van der Waals surface area contributed by atoms with Crippen LogP contribution in [0, 0.1) is 22.7 Å².